The van der Waals surface area contributed by atoms with Crippen LogP contribution in [0.3, 0.4) is 0 Å². The van der Waals surface area contributed by atoms with Crippen molar-refractivity contribution in [1.82, 2.24) is 19.7 Å². The van der Waals surface area contributed by atoms with Crippen LogP contribution in [0.5, 0.6) is 0 Å². The van der Waals surface area contributed by atoms with Crippen molar-refractivity contribution in [3.8, 4) is 5.69 Å². The standard InChI is InChI=1S/C12H8Cl2N4/c1-7-2-3-10(9(13)4-7)18-11-8(6-16-18)5-15-12(14)17-11/h2-6H,1H3. The van der Waals surface area contributed by atoms with E-state index in [4.69, 9.17) is 23.2 Å². The summed E-state index contributed by atoms with van der Waals surface area (Å²) in [6, 6.07) is 5.75. The topological polar surface area (TPSA) is 43.6 Å². The third-order valence-corrected chi connectivity index (χ3v) is 3.10. The molecule has 3 aromatic rings. The average molecular weight is 279 g/mol. The molecule has 0 N–H and O–H groups in total. The normalized spacial score (nSPS) is 11.1. The molecule has 2 heterocycles. The number of fused-ring (bicyclic) bond motifs is 1. The van der Waals surface area contributed by atoms with Crippen LogP contribution in [0, 0.1) is 6.92 Å². The number of aromatic nitrogens is 4. The number of hydrogen-bond acceptors (Lipinski definition) is 3. The van der Waals surface area contributed by atoms with E-state index in [2.05, 4.69) is 15.1 Å². The summed E-state index contributed by atoms with van der Waals surface area (Å²) in [5, 5.41) is 5.89. The molecule has 0 saturated heterocycles. The second-order valence-electron chi connectivity index (χ2n) is 3.93. The van der Waals surface area contributed by atoms with E-state index < -0.39 is 0 Å². The van der Waals surface area contributed by atoms with Crippen molar-refractivity contribution >= 4 is 34.2 Å². The van der Waals surface area contributed by atoms with E-state index in [1.165, 1.54) is 0 Å². The monoisotopic (exact) mass is 278 g/mol. The van der Waals surface area contributed by atoms with Crippen LogP contribution < -0.4 is 0 Å². The van der Waals surface area contributed by atoms with Gasteiger partial charge in [-0.05, 0) is 36.2 Å². The molecule has 0 aliphatic rings. The van der Waals surface area contributed by atoms with Crippen LogP contribution in [0.4, 0.5) is 0 Å². The van der Waals surface area contributed by atoms with Gasteiger partial charge in [-0.3, -0.25) is 0 Å². The summed E-state index contributed by atoms with van der Waals surface area (Å²) in [5.74, 6) is 0. The lowest BCUT2D eigenvalue weighted by Gasteiger charge is -2.06. The maximum Gasteiger partial charge on any atom is 0.224 e. The minimum absolute atomic E-state index is 0.187. The Hall–Kier alpha value is -1.65. The first-order valence-corrected chi connectivity index (χ1v) is 6.03. The highest BCUT2D eigenvalue weighted by Gasteiger charge is 2.10. The summed E-state index contributed by atoms with van der Waals surface area (Å²) < 4.78 is 1.66. The Morgan fingerprint density at radius 3 is 2.78 bits per heavy atom. The van der Waals surface area contributed by atoms with Gasteiger partial charge in [-0.15, -0.1) is 0 Å². The van der Waals surface area contributed by atoms with Gasteiger partial charge >= 0.3 is 0 Å². The zero-order valence-electron chi connectivity index (χ0n) is 9.43. The van der Waals surface area contributed by atoms with Crippen molar-refractivity contribution in [2.45, 2.75) is 6.92 Å². The molecular weight excluding hydrogens is 271 g/mol. The van der Waals surface area contributed by atoms with Gasteiger partial charge in [-0.1, -0.05) is 17.7 Å². The molecule has 0 aliphatic carbocycles. The zero-order valence-corrected chi connectivity index (χ0v) is 10.9. The maximum absolute atomic E-state index is 6.22. The summed E-state index contributed by atoms with van der Waals surface area (Å²) in [6.45, 7) is 1.98. The quantitative estimate of drug-likeness (QED) is 0.641. The van der Waals surface area contributed by atoms with Crippen molar-refractivity contribution in [2.24, 2.45) is 0 Å². The lowest BCUT2D eigenvalue weighted by atomic mass is 10.2. The van der Waals surface area contributed by atoms with E-state index in [0.29, 0.717) is 10.7 Å². The summed E-state index contributed by atoms with van der Waals surface area (Å²) in [7, 11) is 0. The fourth-order valence-electron chi connectivity index (χ4n) is 1.76. The molecule has 4 nitrogen and oxygen atoms in total. The van der Waals surface area contributed by atoms with E-state index in [9.17, 15) is 0 Å². The lowest BCUT2D eigenvalue weighted by molar-refractivity contribution is 0.894. The summed E-state index contributed by atoms with van der Waals surface area (Å²) in [5.41, 5.74) is 2.50. The number of nitrogens with zero attached hydrogens (tertiary/aromatic N) is 4. The number of rotatable bonds is 1. The van der Waals surface area contributed by atoms with Gasteiger partial charge in [-0.2, -0.15) is 10.1 Å². The van der Waals surface area contributed by atoms with Gasteiger partial charge in [0, 0.05) is 6.20 Å². The number of hydrogen-bond donors (Lipinski definition) is 0. The van der Waals surface area contributed by atoms with Gasteiger partial charge in [-0.25, -0.2) is 9.67 Å². The van der Waals surface area contributed by atoms with Crippen LogP contribution in [0.1, 0.15) is 5.56 Å². The van der Waals surface area contributed by atoms with Crippen molar-refractivity contribution in [3.05, 3.63) is 46.5 Å². The second-order valence-corrected chi connectivity index (χ2v) is 4.67. The van der Waals surface area contributed by atoms with Crippen LogP contribution in [0.15, 0.2) is 30.6 Å². The second kappa shape index (κ2) is 4.23. The molecule has 0 amide bonds. The van der Waals surface area contributed by atoms with E-state index >= 15 is 0 Å². The fourth-order valence-corrected chi connectivity index (χ4v) is 2.20. The minimum atomic E-state index is 0.187. The summed E-state index contributed by atoms with van der Waals surface area (Å²) >= 11 is 12.0. The highest BCUT2D eigenvalue weighted by molar-refractivity contribution is 6.32. The smallest absolute Gasteiger partial charge is 0.224 e. The summed E-state index contributed by atoms with van der Waals surface area (Å²) in [4.78, 5) is 8.09. The molecule has 0 unspecified atom stereocenters. The molecular formula is C12H8Cl2N4. The molecule has 0 spiro atoms. The van der Waals surface area contributed by atoms with E-state index in [1.807, 2.05) is 25.1 Å². The summed E-state index contributed by atoms with van der Waals surface area (Å²) in [6.07, 6.45) is 3.32. The van der Waals surface area contributed by atoms with Gasteiger partial charge in [0.2, 0.25) is 5.28 Å². The molecule has 90 valence electrons. The average Bonchev–Trinajstić information content (AvgIpc) is 2.72. The third kappa shape index (κ3) is 1.83. The molecule has 3 rings (SSSR count). The van der Waals surface area contributed by atoms with Crippen LogP contribution in [-0.2, 0) is 0 Å². The lowest BCUT2D eigenvalue weighted by Crippen LogP contribution is -1.99. The zero-order chi connectivity index (χ0) is 12.7. The number of aryl methyl sites for hydroxylation is 1. The first kappa shape index (κ1) is 11.4. The molecule has 0 atom stereocenters. The van der Waals surface area contributed by atoms with Gasteiger partial charge in [0.15, 0.2) is 5.65 Å². The Morgan fingerprint density at radius 2 is 2.00 bits per heavy atom. The van der Waals surface area contributed by atoms with Crippen LogP contribution in [-0.4, -0.2) is 19.7 Å². The van der Waals surface area contributed by atoms with Crippen molar-refractivity contribution in [3.63, 3.8) is 0 Å². The number of halogens is 2. The van der Waals surface area contributed by atoms with Crippen LogP contribution in [0.25, 0.3) is 16.7 Å². The third-order valence-electron chi connectivity index (χ3n) is 2.61. The minimum Gasteiger partial charge on any atom is -0.226 e. The first-order valence-electron chi connectivity index (χ1n) is 5.28. The Balaban J connectivity index is 2.28. The van der Waals surface area contributed by atoms with Gasteiger partial charge in [0.05, 0.1) is 22.3 Å². The Morgan fingerprint density at radius 1 is 1.17 bits per heavy atom. The molecule has 0 aliphatic heterocycles. The molecule has 0 saturated carbocycles. The van der Waals surface area contributed by atoms with Crippen LogP contribution in [0.2, 0.25) is 10.3 Å². The highest BCUT2D eigenvalue weighted by atomic mass is 35.5. The van der Waals surface area contributed by atoms with Crippen molar-refractivity contribution in [1.29, 1.82) is 0 Å². The van der Waals surface area contributed by atoms with Gasteiger partial charge in [0.25, 0.3) is 0 Å². The number of benzene rings is 1. The van der Waals surface area contributed by atoms with E-state index in [-0.39, 0.29) is 5.28 Å². The van der Waals surface area contributed by atoms with E-state index in [0.717, 1.165) is 16.6 Å². The Bertz CT molecular complexity index is 736. The van der Waals surface area contributed by atoms with Crippen molar-refractivity contribution in [2.75, 3.05) is 0 Å². The largest absolute Gasteiger partial charge is 0.226 e. The predicted molar refractivity (Wildman–Crippen MR) is 71.4 cm³/mol. The molecule has 2 aromatic heterocycles. The highest BCUT2D eigenvalue weighted by Crippen LogP contribution is 2.24. The SMILES string of the molecule is Cc1ccc(-n2ncc3cnc(Cl)nc32)c(Cl)c1. The predicted octanol–water partition coefficient (Wildman–Crippen LogP) is 3.43. The molecule has 6 heteroatoms. The van der Waals surface area contributed by atoms with Crippen molar-refractivity contribution < 1.29 is 0 Å². The van der Waals surface area contributed by atoms with Gasteiger partial charge in [0.1, 0.15) is 0 Å². The molecule has 0 radical (unpaired) electrons. The molecule has 0 bridgehead atoms. The van der Waals surface area contributed by atoms with Crippen LogP contribution >= 0.6 is 23.2 Å². The van der Waals surface area contributed by atoms with Gasteiger partial charge < -0.3 is 0 Å². The first-order chi connectivity index (χ1) is 8.65. The Labute approximate surface area is 113 Å². The maximum atomic E-state index is 6.22. The van der Waals surface area contributed by atoms with E-state index in [1.54, 1.807) is 17.1 Å². The Kier molecular flexibility index (Phi) is 2.69. The molecule has 0 fully saturated rings. The molecule has 18 heavy (non-hydrogen) atoms. The fraction of sp³-hybridized carbons (Fsp3) is 0.0833. The molecule has 1 aromatic carbocycles.